The van der Waals surface area contributed by atoms with Crippen LogP contribution in [0.25, 0.3) is 0 Å². The highest BCUT2D eigenvalue weighted by atomic mass is 31.3. The molecule has 1 saturated heterocycles. The third-order valence-corrected chi connectivity index (χ3v) is 7.28. The fourth-order valence-electron chi connectivity index (χ4n) is 2.31. The second-order valence-corrected chi connectivity index (χ2v) is 10.2. The molecule has 2 rings (SSSR count). The zero-order chi connectivity index (χ0) is 22.2. The van der Waals surface area contributed by atoms with Gasteiger partial charge in [-0.3, -0.25) is 18.9 Å². The molecule has 16 nitrogen and oxygen atoms in total. The summed E-state index contributed by atoms with van der Waals surface area (Å²) in [6.45, 7) is 0.547. The summed E-state index contributed by atoms with van der Waals surface area (Å²) in [5.41, 5.74) is -1.26. The molecule has 1 aromatic heterocycles. The maximum absolute atomic E-state index is 11.9. The fourth-order valence-corrected chi connectivity index (χ4v) is 5.34. The lowest BCUT2D eigenvalue weighted by atomic mass is 10.2. The number of phosphoric acid groups is 3. The number of aryl methyl sites for hydroxylation is 1. The Hall–Kier alpha value is -0.990. The molecule has 0 aromatic carbocycles. The first-order chi connectivity index (χ1) is 13.1. The molecule has 0 spiro atoms. The van der Waals surface area contributed by atoms with E-state index in [2.05, 4.69) is 13.1 Å². The molecule has 1 aliphatic rings. The molecule has 2 heterocycles. The minimum absolute atomic E-state index is 0.171. The molecular formula is C10H17N2O14P3. The Balaban J connectivity index is 2.03. The summed E-state index contributed by atoms with van der Waals surface area (Å²) < 4.78 is 51.3. The minimum atomic E-state index is -5.67. The average molecular weight is 482 g/mol. The van der Waals surface area contributed by atoms with E-state index in [1.807, 2.05) is 4.98 Å². The molecule has 1 aliphatic heterocycles. The molecule has 1 aromatic rings. The van der Waals surface area contributed by atoms with Crippen molar-refractivity contribution >= 4 is 23.5 Å². The monoisotopic (exact) mass is 482 g/mol. The first kappa shape index (κ1) is 24.3. The molecule has 0 aliphatic carbocycles. The SMILES string of the molecule is Cc1cn([C@H]2C[C@@H](O)[C@H](COP(=O)(O)OP(=O)(O)OP(=O)(O)O)O2)c(=O)[nH]c1=O. The molecule has 19 heteroatoms. The topological polar surface area (TPSA) is 244 Å². The van der Waals surface area contributed by atoms with E-state index in [0.717, 1.165) is 4.57 Å². The quantitative estimate of drug-likeness (QED) is 0.239. The van der Waals surface area contributed by atoms with Gasteiger partial charge in [-0.25, -0.2) is 18.5 Å². The van der Waals surface area contributed by atoms with Gasteiger partial charge in [0.2, 0.25) is 0 Å². The van der Waals surface area contributed by atoms with Crippen LogP contribution in [0, 0.1) is 6.92 Å². The van der Waals surface area contributed by atoms with Crippen molar-refractivity contribution in [3.8, 4) is 0 Å². The summed E-state index contributed by atoms with van der Waals surface area (Å²) >= 11 is 0. The van der Waals surface area contributed by atoms with Crippen molar-refractivity contribution in [2.45, 2.75) is 31.8 Å². The van der Waals surface area contributed by atoms with Crippen LogP contribution in [0.5, 0.6) is 0 Å². The number of rotatable bonds is 8. The highest BCUT2D eigenvalue weighted by molar-refractivity contribution is 7.66. The predicted molar refractivity (Wildman–Crippen MR) is 90.4 cm³/mol. The number of phosphoric ester groups is 1. The van der Waals surface area contributed by atoms with Crippen LogP contribution in [0.2, 0.25) is 0 Å². The summed E-state index contributed by atoms with van der Waals surface area (Å²) in [5.74, 6) is 0. The second kappa shape index (κ2) is 8.63. The molecule has 0 radical (unpaired) electrons. The zero-order valence-electron chi connectivity index (χ0n) is 14.4. The van der Waals surface area contributed by atoms with Crippen LogP contribution >= 0.6 is 23.5 Å². The van der Waals surface area contributed by atoms with Gasteiger partial charge in [-0.1, -0.05) is 0 Å². The van der Waals surface area contributed by atoms with Gasteiger partial charge in [0.05, 0.1) is 12.7 Å². The van der Waals surface area contributed by atoms with Crippen molar-refractivity contribution in [2.75, 3.05) is 6.61 Å². The van der Waals surface area contributed by atoms with Crippen molar-refractivity contribution in [1.29, 1.82) is 0 Å². The maximum Gasteiger partial charge on any atom is 0.490 e. The van der Waals surface area contributed by atoms with Gasteiger partial charge in [0.25, 0.3) is 5.56 Å². The van der Waals surface area contributed by atoms with Gasteiger partial charge in [0, 0.05) is 18.2 Å². The van der Waals surface area contributed by atoms with E-state index >= 15 is 0 Å². The number of aromatic nitrogens is 2. The van der Waals surface area contributed by atoms with E-state index in [1.165, 1.54) is 13.1 Å². The first-order valence-corrected chi connectivity index (χ1v) is 12.0. The van der Waals surface area contributed by atoms with E-state index in [4.69, 9.17) is 19.4 Å². The van der Waals surface area contributed by atoms with Gasteiger partial charge >= 0.3 is 29.2 Å². The lowest BCUT2D eigenvalue weighted by Crippen LogP contribution is -2.33. The van der Waals surface area contributed by atoms with Gasteiger partial charge in [0.15, 0.2) is 0 Å². The molecule has 166 valence electrons. The first-order valence-electron chi connectivity index (χ1n) is 7.52. The molecule has 5 atom stereocenters. The third kappa shape index (κ3) is 7.03. The van der Waals surface area contributed by atoms with Crippen molar-refractivity contribution in [2.24, 2.45) is 0 Å². The van der Waals surface area contributed by atoms with E-state index in [1.54, 1.807) is 0 Å². The summed E-state index contributed by atoms with van der Waals surface area (Å²) in [6.07, 6.45) is -2.67. The Labute approximate surface area is 161 Å². The molecule has 2 unspecified atom stereocenters. The van der Waals surface area contributed by atoms with Crippen LogP contribution in [-0.4, -0.2) is 53.0 Å². The smallest absolute Gasteiger partial charge is 0.390 e. The van der Waals surface area contributed by atoms with Crippen LogP contribution in [0.15, 0.2) is 15.8 Å². The Morgan fingerprint density at radius 2 is 1.79 bits per heavy atom. The Kier molecular flexibility index (Phi) is 7.23. The maximum atomic E-state index is 11.9. The number of aliphatic hydroxyl groups excluding tert-OH is 1. The molecule has 1 fully saturated rings. The molecule has 29 heavy (non-hydrogen) atoms. The number of hydrogen-bond donors (Lipinski definition) is 6. The highest BCUT2D eigenvalue weighted by Gasteiger charge is 2.42. The molecular weight excluding hydrogens is 465 g/mol. The zero-order valence-corrected chi connectivity index (χ0v) is 17.1. The lowest BCUT2D eigenvalue weighted by Gasteiger charge is -2.19. The fraction of sp³-hybridized carbons (Fsp3) is 0.600. The Bertz CT molecular complexity index is 1010. The Morgan fingerprint density at radius 1 is 1.17 bits per heavy atom. The normalized spacial score (nSPS) is 26.8. The molecule has 0 bridgehead atoms. The van der Waals surface area contributed by atoms with Crippen LogP contribution in [-0.2, 0) is 31.6 Å². The van der Waals surface area contributed by atoms with Gasteiger partial charge in [-0.15, -0.1) is 0 Å². The van der Waals surface area contributed by atoms with E-state index in [-0.39, 0.29) is 12.0 Å². The van der Waals surface area contributed by atoms with Gasteiger partial charge in [-0.2, -0.15) is 8.62 Å². The lowest BCUT2D eigenvalue weighted by molar-refractivity contribution is -0.0450. The van der Waals surface area contributed by atoms with Gasteiger partial charge in [0.1, 0.15) is 12.3 Å². The summed E-state index contributed by atoms with van der Waals surface area (Å²) in [5, 5.41) is 9.98. The van der Waals surface area contributed by atoms with Crippen molar-refractivity contribution in [1.82, 2.24) is 9.55 Å². The van der Waals surface area contributed by atoms with Crippen molar-refractivity contribution in [3.63, 3.8) is 0 Å². The summed E-state index contributed by atoms with van der Waals surface area (Å²) in [7, 11) is -16.6. The highest BCUT2D eigenvalue weighted by Crippen LogP contribution is 2.66. The van der Waals surface area contributed by atoms with E-state index in [0.29, 0.717) is 0 Å². The third-order valence-electron chi connectivity index (χ3n) is 3.48. The van der Waals surface area contributed by atoms with Crippen LogP contribution in [0.3, 0.4) is 0 Å². The number of hydrogen-bond acceptors (Lipinski definition) is 10. The van der Waals surface area contributed by atoms with Gasteiger partial charge in [-0.05, 0) is 6.92 Å². The summed E-state index contributed by atoms with van der Waals surface area (Å²) in [6, 6.07) is 0. The number of aromatic amines is 1. The van der Waals surface area contributed by atoms with Gasteiger partial charge < -0.3 is 29.4 Å². The summed E-state index contributed by atoms with van der Waals surface area (Å²) in [4.78, 5) is 60.6. The largest absolute Gasteiger partial charge is 0.490 e. The van der Waals surface area contributed by atoms with Crippen LogP contribution < -0.4 is 11.2 Å². The van der Waals surface area contributed by atoms with Crippen LogP contribution in [0.1, 0.15) is 18.2 Å². The molecule has 0 saturated carbocycles. The molecule has 0 amide bonds. The number of ether oxygens (including phenoxy) is 1. The van der Waals surface area contributed by atoms with E-state index < -0.39 is 59.8 Å². The number of nitrogens with one attached hydrogen (secondary N) is 1. The second-order valence-electron chi connectivity index (χ2n) is 5.80. The molecule has 6 N–H and O–H groups in total. The number of H-pyrrole nitrogens is 1. The predicted octanol–water partition coefficient (Wildman–Crippen LogP) is -1.16. The minimum Gasteiger partial charge on any atom is -0.390 e. The van der Waals surface area contributed by atoms with E-state index in [9.17, 15) is 33.3 Å². The van der Waals surface area contributed by atoms with Crippen LogP contribution in [0.4, 0.5) is 0 Å². The number of nitrogens with zero attached hydrogens (tertiary/aromatic N) is 1. The standard InChI is InChI=1S/C10H17N2O14P3/c1-5-3-12(10(15)11-9(5)14)8-2-6(13)7(24-8)4-23-28(19,20)26-29(21,22)25-27(16,17)18/h3,6-8,13H,2,4H2,1H3,(H,19,20)(H,21,22)(H,11,14,15)(H2,16,17,18)/t6-,7+,8-/m1/s1. The Morgan fingerprint density at radius 3 is 2.38 bits per heavy atom. The van der Waals surface area contributed by atoms with Crippen molar-refractivity contribution in [3.05, 3.63) is 32.6 Å². The van der Waals surface area contributed by atoms with Crippen molar-refractivity contribution < 1.29 is 56.3 Å². The number of aliphatic hydroxyl groups is 1. The average Bonchev–Trinajstić information content (AvgIpc) is 2.86.